The summed E-state index contributed by atoms with van der Waals surface area (Å²) in [6.45, 7) is 5.86. The summed E-state index contributed by atoms with van der Waals surface area (Å²) in [4.78, 5) is 0. The van der Waals surface area contributed by atoms with E-state index in [0.29, 0.717) is 0 Å². The average molecular weight is 243 g/mol. The first-order valence-electron chi connectivity index (χ1n) is 7.10. The third-order valence-electron chi connectivity index (χ3n) is 3.34. The van der Waals surface area contributed by atoms with Crippen LogP contribution >= 0.6 is 11.8 Å². The first-order valence-corrected chi connectivity index (χ1v) is 8.25. The lowest BCUT2D eigenvalue weighted by Crippen LogP contribution is -2.31. The van der Waals surface area contributed by atoms with Gasteiger partial charge < -0.3 is 5.32 Å². The Kier molecular flexibility index (Phi) is 8.40. The van der Waals surface area contributed by atoms with Crippen LogP contribution in [0.15, 0.2) is 0 Å². The maximum Gasteiger partial charge on any atom is 0.00670 e. The van der Waals surface area contributed by atoms with E-state index in [0.717, 1.165) is 12.0 Å². The van der Waals surface area contributed by atoms with Crippen LogP contribution in [0.4, 0.5) is 0 Å². The van der Waals surface area contributed by atoms with Gasteiger partial charge >= 0.3 is 0 Å². The van der Waals surface area contributed by atoms with Crippen molar-refractivity contribution < 1.29 is 0 Å². The molecule has 96 valence electrons. The molecule has 1 rings (SSSR count). The third kappa shape index (κ3) is 7.56. The van der Waals surface area contributed by atoms with Gasteiger partial charge in [-0.25, -0.2) is 0 Å². The minimum Gasteiger partial charge on any atom is -0.314 e. The van der Waals surface area contributed by atoms with Gasteiger partial charge in [-0.1, -0.05) is 33.1 Å². The smallest absolute Gasteiger partial charge is 0.00670 e. The van der Waals surface area contributed by atoms with E-state index in [1.165, 1.54) is 63.0 Å². The third-order valence-corrected chi connectivity index (χ3v) is 4.44. The monoisotopic (exact) mass is 243 g/mol. The molecular weight excluding hydrogens is 214 g/mol. The van der Waals surface area contributed by atoms with E-state index in [1.54, 1.807) is 0 Å². The highest BCUT2D eigenvalue weighted by Crippen LogP contribution is 2.17. The van der Waals surface area contributed by atoms with Crippen molar-refractivity contribution in [2.45, 2.75) is 64.8 Å². The Morgan fingerprint density at radius 1 is 1.12 bits per heavy atom. The van der Waals surface area contributed by atoms with Gasteiger partial charge in [0.2, 0.25) is 0 Å². The molecule has 1 N–H and O–H groups in total. The fourth-order valence-corrected chi connectivity index (χ4v) is 3.40. The van der Waals surface area contributed by atoms with E-state index in [2.05, 4.69) is 30.9 Å². The molecule has 0 saturated heterocycles. The van der Waals surface area contributed by atoms with Crippen LogP contribution in [0, 0.1) is 5.92 Å². The van der Waals surface area contributed by atoms with E-state index in [-0.39, 0.29) is 0 Å². The van der Waals surface area contributed by atoms with Crippen molar-refractivity contribution in [3.8, 4) is 0 Å². The van der Waals surface area contributed by atoms with Gasteiger partial charge in [0.1, 0.15) is 0 Å². The second-order valence-corrected chi connectivity index (χ2v) is 6.66. The molecule has 1 fully saturated rings. The summed E-state index contributed by atoms with van der Waals surface area (Å²) in [5.41, 5.74) is 0. The number of rotatable bonds is 8. The van der Waals surface area contributed by atoms with Crippen molar-refractivity contribution in [1.29, 1.82) is 0 Å². The Morgan fingerprint density at radius 2 is 1.88 bits per heavy atom. The quantitative estimate of drug-likeness (QED) is 0.645. The molecule has 0 radical (unpaired) electrons. The molecule has 0 amide bonds. The molecule has 0 bridgehead atoms. The molecule has 0 atom stereocenters. The van der Waals surface area contributed by atoms with Gasteiger partial charge in [0.05, 0.1) is 0 Å². The number of nitrogens with one attached hydrogen (secondary N) is 1. The van der Waals surface area contributed by atoms with Crippen LogP contribution in [0.3, 0.4) is 0 Å². The van der Waals surface area contributed by atoms with E-state index < -0.39 is 0 Å². The first kappa shape index (κ1) is 14.4. The largest absolute Gasteiger partial charge is 0.314 e. The SMILES string of the molecule is CC(C)CCSCCCNC1CCCCC1. The van der Waals surface area contributed by atoms with Crippen molar-refractivity contribution in [3.63, 3.8) is 0 Å². The first-order chi connectivity index (χ1) is 7.79. The molecular formula is C14H29NS. The van der Waals surface area contributed by atoms with Gasteiger partial charge in [0.15, 0.2) is 0 Å². The molecule has 0 unspecified atom stereocenters. The summed E-state index contributed by atoms with van der Waals surface area (Å²) in [6.07, 6.45) is 9.91. The molecule has 0 aromatic rings. The summed E-state index contributed by atoms with van der Waals surface area (Å²) in [6, 6.07) is 0.842. The zero-order valence-electron chi connectivity index (χ0n) is 11.1. The average Bonchev–Trinajstić information content (AvgIpc) is 2.29. The topological polar surface area (TPSA) is 12.0 Å². The van der Waals surface area contributed by atoms with E-state index >= 15 is 0 Å². The van der Waals surface area contributed by atoms with Crippen LogP contribution < -0.4 is 5.32 Å². The Hall–Kier alpha value is 0.310. The Labute approximate surface area is 106 Å². The van der Waals surface area contributed by atoms with Crippen LogP contribution in [-0.4, -0.2) is 24.1 Å². The molecule has 0 heterocycles. The van der Waals surface area contributed by atoms with Gasteiger partial charge in [-0.05, 0) is 49.7 Å². The second kappa shape index (κ2) is 9.35. The highest BCUT2D eigenvalue weighted by molar-refractivity contribution is 7.99. The Morgan fingerprint density at radius 3 is 2.56 bits per heavy atom. The fourth-order valence-electron chi connectivity index (χ4n) is 2.21. The lowest BCUT2D eigenvalue weighted by Gasteiger charge is -2.22. The van der Waals surface area contributed by atoms with Gasteiger partial charge in [-0.3, -0.25) is 0 Å². The highest BCUT2D eigenvalue weighted by atomic mass is 32.2. The van der Waals surface area contributed by atoms with Gasteiger partial charge in [0, 0.05) is 6.04 Å². The fraction of sp³-hybridized carbons (Fsp3) is 1.00. The van der Waals surface area contributed by atoms with Crippen LogP contribution in [-0.2, 0) is 0 Å². The maximum atomic E-state index is 3.71. The van der Waals surface area contributed by atoms with Crippen LogP contribution in [0.5, 0.6) is 0 Å². The van der Waals surface area contributed by atoms with Crippen molar-refractivity contribution >= 4 is 11.8 Å². The van der Waals surface area contributed by atoms with Gasteiger partial charge in [-0.2, -0.15) is 11.8 Å². The maximum absolute atomic E-state index is 3.71. The summed E-state index contributed by atoms with van der Waals surface area (Å²) in [5.74, 6) is 3.56. The zero-order chi connectivity index (χ0) is 11.6. The van der Waals surface area contributed by atoms with Crippen molar-refractivity contribution in [2.24, 2.45) is 5.92 Å². The van der Waals surface area contributed by atoms with Gasteiger partial charge in [-0.15, -0.1) is 0 Å². The molecule has 1 nitrogen and oxygen atoms in total. The molecule has 2 heteroatoms. The summed E-state index contributed by atoms with van der Waals surface area (Å²) in [7, 11) is 0. The van der Waals surface area contributed by atoms with Gasteiger partial charge in [0.25, 0.3) is 0 Å². The number of thioether (sulfide) groups is 1. The van der Waals surface area contributed by atoms with Crippen LogP contribution in [0.25, 0.3) is 0 Å². The summed E-state index contributed by atoms with van der Waals surface area (Å²) < 4.78 is 0. The minimum atomic E-state index is 0.842. The van der Waals surface area contributed by atoms with Crippen molar-refractivity contribution in [1.82, 2.24) is 5.32 Å². The lowest BCUT2D eigenvalue weighted by atomic mass is 9.95. The molecule has 0 aromatic heterocycles. The number of hydrogen-bond acceptors (Lipinski definition) is 2. The number of hydrogen-bond donors (Lipinski definition) is 1. The van der Waals surface area contributed by atoms with E-state index in [4.69, 9.17) is 0 Å². The van der Waals surface area contributed by atoms with Crippen LogP contribution in [0.2, 0.25) is 0 Å². The summed E-state index contributed by atoms with van der Waals surface area (Å²) >= 11 is 2.13. The van der Waals surface area contributed by atoms with Crippen LogP contribution in [0.1, 0.15) is 58.8 Å². The highest BCUT2D eigenvalue weighted by Gasteiger charge is 2.11. The molecule has 0 aliphatic heterocycles. The molecule has 1 aliphatic carbocycles. The normalized spacial score (nSPS) is 18.2. The van der Waals surface area contributed by atoms with E-state index in [1.807, 2.05) is 0 Å². The molecule has 0 spiro atoms. The zero-order valence-corrected chi connectivity index (χ0v) is 12.0. The lowest BCUT2D eigenvalue weighted by molar-refractivity contribution is 0.375. The predicted octanol–water partition coefficient (Wildman–Crippen LogP) is 4.08. The summed E-state index contributed by atoms with van der Waals surface area (Å²) in [5, 5.41) is 3.71. The standard InChI is InChI=1S/C14H29NS/c1-13(2)9-12-16-11-6-10-15-14-7-4-3-5-8-14/h13-15H,3-12H2,1-2H3. The molecule has 1 saturated carbocycles. The predicted molar refractivity (Wildman–Crippen MR) is 76.3 cm³/mol. The van der Waals surface area contributed by atoms with Crippen molar-refractivity contribution in [3.05, 3.63) is 0 Å². The minimum absolute atomic E-state index is 0.842. The Bertz CT molecular complexity index is 153. The van der Waals surface area contributed by atoms with Crippen molar-refractivity contribution in [2.75, 3.05) is 18.1 Å². The molecule has 0 aromatic carbocycles. The Balaban J connectivity index is 1.80. The molecule has 1 aliphatic rings. The molecule has 16 heavy (non-hydrogen) atoms. The second-order valence-electron chi connectivity index (χ2n) is 5.44. The van der Waals surface area contributed by atoms with E-state index in [9.17, 15) is 0 Å².